The van der Waals surface area contributed by atoms with Crippen LogP contribution in [0.25, 0.3) is 0 Å². The molecular weight excluding hydrogens is 194 g/mol. The Hall–Kier alpha value is -0.940. The summed E-state index contributed by atoms with van der Waals surface area (Å²) >= 11 is 0. The van der Waals surface area contributed by atoms with E-state index in [1.54, 1.807) is 0 Å². The first-order chi connectivity index (χ1) is 7.15. The van der Waals surface area contributed by atoms with Crippen molar-refractivity contribution in [3.05, 3.63) is 11.7 Å². The Morgan fingerprint density at radius 1 is 1.60 bits per heavy atom. The van der Waals surface area contributed by atoms with Gasteiger partial charge in [0.05, 0.1) is 6.04 Å². The van der Waals surface area contributed by atoms with Crippen LogP contribution in [-0.2, 0) is 10.3 Å². The topological polar surface area (TPSA) is 74.2 Å². The molecule has 15 heavy (non-hydrogen) atoms. The lowest BCUT2D eigenvalue weighted by atomic mass is 10.0. The Labute approximate surface area is 89.0 Å². The van der Waals surface area contributed by atoms with E-state index < -0.39 is 5.60 Å². The second-order valence-corrected chi connectivity index (χ2v) is 4.16. The van der Waals surface area contributed by atoms with Crippen LogP contribution in [0.15, 0.2) is 4.52 Å². The Kier molecular flexibility index (Phi) is 2.75. The summed E-state index contributed by atoms with van der Waals surface area (Å²) < 4.78 is 10.8. The van der Waals surface area contributed by atoms with Crippen LogP contribution in [0.1, 0.15) is 50.9 Å². The lowest BCUT2D eigenvalue weighted by molar-refractivity contribution is -0.00937. The SMILES string of the molecule is CCC(N)c1noc(C2(C)CCCO2)n1. The zero-order chi connectivity index (χ0) is 10.9. The van der Waals surface area contributed by atoms with Gasteiger partial charge in [0.1, 0.15) is 5.60 Å². The summed E-state index contributed by atoms with van der Waals surface area (Å²) in [4.78, 5) is 4.31. The first-order valence-corrected chi connectivity index (χ1v) is 5.39. The Morgan fingerprint density at radius 2 is 2.40 bits per heavy atom. The van der Waals surface area contributed by atoms with E-state index in [1.807, 2.05) is 13.8 Å². The van der Waals surface area contributed by atoms with Gasteiger partial charge >= 0.3 is 0 Å². The number of ether oxygens (including phenoxy) is 1. The van der Waals surface area contributed by atoms with Crippen molar-refractivity contribution in [2.24, 2.45) is 5.73 Å². The van der Waals surface area contributed by atoms with Crippen LogP contribution in [0.2, 0.25) is 0 Å². The number of rotatable bonds is 3. The maximum atomic E-state index is 5.82. The molecule has 5 heteroatoms. The molecule has 1 aromatic rings. The van der Waals surface area contributed by atoms with Gasteiger partial charge in [0.25, 0.3) is 5.89 Å². The molecule has 2 atom stereocenters. The second-order valence-electron chi connectivity index (χ2n) is 4.16. The molecule has 0 spiro atoms. The maximum absolute atomic E-state index is 5.82. The maximum Gasteiger partial charge on any atom is 0.258 e. The van der Waals surface area contributed by atoms with Crippen molar-refractivity contribution < 1.29 is 9.26 Å². The Balaban J connectivity index is 2.19. The van der Waals surface area contributed by atoms with Gasteiger partial charge in [-0.1, -0.05) is 12.1 Å². The quantitative estimate of drug-likeness (QED) is 0.820. The smallest absolute Gasteiger partial charge is 0.258 e. The zero-order valence-electron chi connectivity index (χ0n) is 9.19. The van der Waals surface area contributed by atoms with Crippen molar-refractivity contribution in [1.29, 1.82) is 0 Å². The van der Waals surface area contributed by atoms with E-state index in [0.29, 0.717) is 11.7 Å². The summed E-state index contributed by atoms with van der Waals surface area (Å²) in [5.74, 6) is 1.13. The van der Waals surface area contributed by atoms with E-state index >= 15 is 0 Å². The molecule has 1 fully saturated rings. The van der Waals surface area contributed by atoms with Crippen LogP contribution < -0.4 is 5.73 Å². The first-order valence-electron chi connectivity index (χ1n) is 5.39. The first kappa shape index (κ1) is 10.6. The van der Waals surface area contributed by atoms with Crippen molar-refractivity contribution in [1.82, 2.24) is 10.1 Å². The van der Waals surface area contributed by atoms with Gasteiger partial charge in [-0.3, -0.25) is 0 Å². The number of aromatic nitrogens is 2. The van der Waals surface area contributed by atoms with Gasteiger partial charge in [-0.25, -0.2) is 0 Å². The molecule has 0 bridgehead atoms. The van der Waals surface area contributed by atoms with Gasteiger partial charge in [-0.2, -0.15) is 4.98 Å². The van der Waals surface area contributed by atoms with E-state index in [-0.39, 0.29) is 6.04 Å². The Morgan fingerprint density at radius 3 is 3.00 bits per heavy atom. The van der Waals surface area contributed by atoms with E-state index in [4.69, 9.17) is 15.0 Å². The van der Waals surface area contributed by atoms with Crippen molar-refractivity contribution in [2.45, 2.75) is 44.8 Å². The third-order valence-electron chi connectivity index (χ3n) is 2.88. The van der Waals surface area contributed by atoms with Crippen LogP contribution in [0.3, 0.4) is 0 Å². The number of hydrogen-bond donors (Lipinski definition) is 1. The van der Waals surface area contributed by atoms with Gasteiger partial charge in [0.15, 0.2) is 5.82 Å². The minimum absolute atomic E-state index is 0.146. The fourth-order valence-corrected chi connectivity index (χ4v) is 1.73. The average Bonchev–Trinajstić information content (AvgIpc) is 2.85. The highest BCUT2D eigenvalue weighted by molar-refractivity contribution is 5.01. The summed E-state index contributed by atoms with van der Waals surface area (Å²) in [5, 5.41) is 3.89. The van der Waals surface area contributed by atoms with Crippen molar-refractivity contribution >= 4 is 0 Å². The molecule has 2 unspecified atom stereocenters. The van der Waals surface area contributed by atoms with Gasteiger partial charge in [-0.15, -0.1) is 0 Å². The minimum atomic E-state index is -0.404. The summed E-state index contributed by atoms with van der Waals surface area (Å²) in [7, 11) is 0. The molecule has 84 valence electrons. The predicted molar refractivity (Wildman–Crippen MR) is 54.1 cm³/mol. The molecule has 1 aliphatic heterocycles. The van der Waals surface area contributed by atoms with Crippen LogP contribution in [0.5, 0.6) is 0 Å². The van der Waals surface area contributed by atoms with Crippen LogP contribution >= 0.6 is 0 Å². The molecule has 1 saturated heterocycles. The molecule has 0 aromatic carbocycles. The largest absolute Gasteiger partial charge is 0.365 e. The summed E-state index contributed by atoms with van der Waals surface area (Å²) in [6, 6.07) is -0.146. The molecule has 0 saturated carbocycles. The van der Waals surface area contributed by atoms with E-state index in [1.165, 1.54) is 0 Å². The monoisotopic (exact) mass is 211 g/mol. The fraction of sp³-hybridized carbons (Fsp3) is 0.800. The summed E-state index contributed by atoms with van der Waals surface area (Å²) in [6.07, 6.45) is 2.76. The molecule has 2 N–H and O–H groups in total. The Bertz CT molecular complexity index is 331. The van der Waals surface area contributed by atoms with E-state index in [9.17, 15) is 0 Å². The summed E-state index contributed by atoms with van der Waals surface area (Å²) in [5.41, 5.74) is 5.42. The van der Waals surface area contributed by atoms with Crippen LogP contribution in [0.4, 0.5) is 0 Å². The molecule has 0 radical (unpaired) electrons. The van der Waals surface area contributed by atoms with Gasteiger partial charge in [0.2, 0.25) is 0 Å². The molecular formula is C10H17N3O2. The predicted octanol–water partition coefficient (Wildman–Crippen LogP) is 1.50. The van der Waals surface area contributed by atoms with Crippen molar-refractivity contribution in [2.75, 3.05) is 6.61 Å². The van der Waals surface area contributed by atoms with Crippen LogP contribution in [-0.4, -0.2) is 16.7 Å². The lowest BCUT2D eigenvalue weighted by Gasteiger charge is -2.17. The molecule has 2 rings (SSSR count). The third-order valence-corrected chi connectivity index (χ3v) is 2.88. The van der Waals surface area contributed by atoms with Gasteiger partial charge in [-0.05, 0) is 26.2 Å². The van der Waals surface area contributed by atoms with Crippen molar-refractivity contribution in [3.63, 3.8) is 0 Å². The van der Waals surface area contributed by atoms with Crippen LogP contribution in [0, 0.1) is 0 Å². The standard InChI is InChI=1S/C10H17N3O2/c1-3-7(11)8-12-9(15-13-8)10(2)5-4-6-14-10/h7H,3-6,11H2,1-2H3. The fourth-order valence-electron chi connectivity index (χ4n) is 1.73. The molecule has 5 nitrogen and oxygen atoms in total. The molecule has 1 aromatic heterocycles. The highest BCUT2D eigenvalue weighted by Crippen LogP contribution is 2.34. The normalized spacial score (nSPS) is 28.2. The van der Waals surface area contributed by atoms with Gasteiger partial charge < -0.3 is 15.0 Å². The highest BCUT2D eigenvalue weighted by Gasteiger charge is 2.37. The number of hydrogen-bond acceptors (Lipinski definition) is 5. The number of nitrogens with zero attached hydrogens (tertiary/aromatic N) is 2. The average molecular weight is 211 g/mol. The molecule has 1 aliphatic rings. The minimum Gasteiger partial charge on any atom is -0.365 e. The zero-order valence-corrected chi connectivity index (χ0v) is 9.19. The number of nitrogens with two attached hydrogens (primary N) is 1. The van der Waals surface area contributed by atoms with E-state index in [2.05, 4.69) is 10.1 Å². The molecule has 2 heterocycles. The second kappa shape index (κ2) is 3.90. The van der Waals surface area contributed by atoms with Gasteiger partial charge in [0, 0.05) is 6.61 Å². The third kappa shape index (κ3) is 1.89. The molecule has 0 aliphatic carbocycles. The highest BCUT2D eigenvalue weighted by atomic mass is 16.5. The van der Waals surface area contributed by atoms with E-state index in [0.717, 1.165) is 25.9 Å². The molecule has 0 amide bonds. The summed E-state index contributed by atoms with van der Waals surface area (Å²) in [6.45, 7) is 4.73. The lowest BCUT2D eigenvalue weighted by Crippen LogP contribution is -2.20. The van der Waals surface area contributed by atoms with Crippen molar-refractivity contribution in [3.8, 4) is 0 Å².